The van der Waals surface area contributed by atoms with Crippen molar-refractivity contribution in [2.45, 2.75) is 25.8 Å². The molecule has 1 aliphatic rings. The van der Waals surface area contributed by atoms with E-state index in [1.807, 2.05) is 0 Å². The predicted molar refractivity (Wildman–Crippen MR) is 48.2 cm³/mol. The molecule has 1 atom stereocenters. The second-order valence-electron chi connectivity index (χ2n) is 3.36. The fourth-order valence-electron chi connectivity index (χ4n) is 1.59. The molecule has 0 radical (unpaired) electrons. The first-order valence-electron chi connectivity index (χ1n) is 4.77. The average Bonchev–Trinajstić information content (AvgIpc) is 2.15. The smallest absolute Gasteiger partial charge is 0.0594 e. The van der Waals surface area contributed by atoms with Gasteiger partial charge in [0.25, 0.3) is 0 Å². The van der Waals surface area contributed by atoms with Crippen molar-refractivity contribution in [2.75, 3.05) is 32.9 Å². The maximum atomic E-state index is 8.67. The van der Waals surface area contributed by atoms with Gasteiger partial charge in [-0.1, -0.05) is 0 Å². The highest BCUT2D eigenvalue weighted by Crippen LogP contribution is 2.08. The third-order valence-electron chi connectivity index (χ3n) is 2.45. The molecule has 1 aliphatic heterocycles. The minimum Gasteiger partial charge on any atom is -0.396 e. The fourth-order valence-corrected chi connectivity index (χ4v) is 1.59. The highest BCUT2D eigenvalue weighted by molar-refractivity contribution is 4.69. The summed E-state index contributed by atoms with van der Waals surface area (Å²) in [6.07, 6.45) is 2.01. The first kappa shape index (κ1) is 9.96. The van der Waals surface area contributed by atoms with Crippen LogP contribution in [-0.2, 0) is 4.74 Å². The van der Waals surface area contributed by atoms with E-state index in [0.717, 1.165) is 39.1 Å². The lowest BCUT2D eigenvalue weighted by Crippen LogP contribution is -2.42. The van der Waals surface area contributed by atoms with Crippen LogP contribution in [0.5, 0.6) is 0 Å². The number of aliphatic hydroxyl groups is 1. The summed E-state index contributed by atoms with van der Waals surface area (Å²) in [5, 5.41) is 8.67. The summed E-state index contributed by atoms with van der Waals surface area (Å²) in [6.45, 7) is 6.36. The Bertz CT molecular complexity index is 113. The lowest BCUT2D eigenvalue weighted by atomic mass is 10.1. The predicted octanol–water partition coefficient (Wildman–Crippen LogP) is 0.480. The first-order valence-corrected chi connectivity index (χ1v) is 4.77. The molecule has 72 valence electrons. The van der Waals surface area contributed by atoms with E-state index in [1.165, 1.54) is 0 Å². The zero-order valence-corrected chi connectivity index (χ0v) is 7.83. The molecule has 1 fully saturated rings. The highest BCUT2D eigenvalue weighted by atomic mass is 16.5. The lowest BCUT2D eigenvalue weighted by Gasteiger charge is -2.32. The van der Waals surface area contributed by atoms with Gasteiger partial charge in [-0.3, -0.25) is 4.90 Å². The molecular weight excluding hydrogens is 154 g/mol. The number of nitrogens with zero attached hydrogens (tertiary/aromatic N) is 1. The van der Waals surface area contributed by atoms with E-state index >= 15 is 0 Å². The second-order valence-corrected chi connectivity index (χ2v) is 3.36. The van der Waals surface area contributed by atoms with Crippen molar-refractivity contribution in [3.8, 4) is 0 Å². The minimum atomic E-state index is 0.314. The van der Waals surface area contributed by atoms with Crippen LogP contribution in [0.2, 0.25) is 0 Å². The van der Waals surface area contributed by atoms with E-state index in [4.69, 9.17) is 9.84 Å². The van der Waals surface area contributed by atoms with Gasteiger partial charge in [-0.25, -0.2) is 0 Å². The summed E-state index contributed by atoms with van der Waals surface area (Å²) >= 11 is 0. The largest absolute Gasteiger partial charge is 0.396 e. The number of ether oxygens (including phenoxy) is 1. The van der Waals surface area contributed by atoms with Crippen molar-refractivity contribution in [2.24, 2.45) is 0 Å². The van der Waals surface area contributed by atoms with Crippen LogP contribution in [0, 0.1) is 0 Å². The van der Waals surface area contributed by atoms with Gasteiger partial charge in [0.1, 0.15) is 0 Å². The SMILES string of the molecule is C[C@@H](CCCO)N1CCOCC1. The molecule has 0 aromatic rings. The highest BCUT2D eigenvalue weighted by Gasteiger charge is 2.15. The topological polar surface area (TPSA) is 32.7 Å². The van der Waals surface area contributed by atoms with Crippen molar-refractivity contribution in [3.05, 3.63) is 0 Å². The first-order chi connectivity index (χ1) is 5.84. The molecule has 0 spiro atoms. The van der Waals surface area contributed by atoms with Gasteiger partial charge in [-0.2, -0.15) is 0 Å². The summed E-state index contributed by atoms with van der Waals surface area (Å²) < 4.78 is 5.26. The molecule has 1 rings (SSSR count). The monoisotopic (exact) mass is 173 g/mol. The van der Waals surface area contributed by atoms with E-state index in [1.54, 1.807) is 0 Å². The Labute approximate surface area is 74.3 Å². The van der Waals surface area contributed by atoms with Gasteiger partial charge in [-0.15, -0.1) is 0 Å². The quantitative estimate of drug-likeness (QED) is 0.671. The summed E-state index contributed by atoms with van der Waals surface area (Å²) in [5.41, 5.74) is 0. The van der Waals surface area contributed by atoms with Crippen molar-refractivity contribution in [1.82, 2.24) is 4.90 Å². The van der Waals surface area contributed by atoms with Crippen molar-refractivity contribution in [3.63, 3.8) is 0 Å². The minimum absolute atomic E-state index is 0.314. The molecular formula is C9H19NO2. The van der Waals surface area contributed by atoms with Gasteiger partial charge in [0.05, 0.1) is 13.2 Å². The molecule has 0 aliphatic carbocycles. The normalized spacial score (nSPS) is 22.5. The zero-order chi connectivity index (χ0) is 8.81. The fraction of sp³-hybridized carbons (Fsp3) is 1.00. The summed E-state index contributed by atoms with van der Waals surface area (Å²) in [7, 11) is 0. The molecule has 3 nitrogen and oxygen atoms in total. The summed E-state index contributed by atoms with van der Waals surface area (Å²) in [4.78, 5) is 2.43. The van der Waals surface area contributed by atoms with E-state index in [9.17, 15) is 0 Å². The van der Waals surface area contributed by atoms with Crippen LogP contribution in [0.1, 0.15) is 19.8 Å². The number of hydrogen-bond donors (Lipinski definition) is 1. The van der Waals surface area contributed by atoms with Crippen molar-refractivity contribution >= 4 is 0 Å². The van der Waals surface area contributed by atoms with E-state index in [2.05, 4.69) is 11.8 Å². The summed E-state index contributed by atoms with van der Waals surface area (Å²) in [5.74, 6) is 0. The van der Waals surface area contributed by atoms with Gasteiger partial charge in [-0.05, 0) is 19.8 Å². The van der Waals surface area contributed by atoms with Crippen LogP contribution < -0.4 is 0 Å². The van der Waals surface area contributed by atoms with Crippen LogP contribution in [0.3, 0.4) is 0 Å². The molecule has 1 saturated heterocycles. The number of hydrogen-bond acceptors (Lipinski definition) is 3. The Morgan fingerprint density at radius 2 is 2.08 bits per heavy atom. The molecule has 0 amide bonds. The van der Waals surface area contributed by atoms with Crippen LogP contribution in [0.25, 0.3) is 0 Å². The number of morpholine rings is 1. The summed E-state index contributed by atoms with van der Waals surface area (Å²) in [6, 6.07) is 0.598. The molecule has 0 aromatic carbocycles. The molecule has 0 saturated carbocycles. The third kappa shape index (κ3) is 3.09. The molecule has 12 heavy (non-hydrogen) atoms. The zero-order valence-electron chi connectivity index (χ0n) is 7.83. The molecule has 0 aromatic heterocycles. The van der Waals surface area contributed by atoms with Crippen LogP contribution in [0.4, 0.5) is 0 Å². The molecule has 3 heteroatoms. The Balaban J connectivity index is 2.15. The Hall–Kier alpha value is -0.120. The van der Waals surface area contributed by atoms with Gasteiger partial charge >= 0.3 is 0 Å². The van der Waals surface area contributed by atoms with Crippen LogP contribution in [-0.4, -0.2) is 49.0 Å². The van der Waals surface area contributed by atoms with Crippen LogP contribution >= 0.6 is 0 Å². The van der Waals surface area contributed by atoms with Gasteiger partial charge < -0.3 is 9.84 Å². The van der Waals surface area contributed by atoms with E-state index < -0.39 is 0 Å². The van der Waals surface area contributed by atoms with Gasteiger partial charge in [0, 0.05) is 25.7 Å². The Morgan fingerprint density at radius 1 is 1.42 bits per heavy atom. The van der Waals surface area contributed by atoms with E-state index in [0.29, 0.717) is 12.6 Å². The Morgan fingerprint density at radius 3 is 2.67 bits per heavy atom. The van der Waals surface area contributed by atoms with E-state index in [-0.39, 0.29) is 0 Å². The third-order valence-corrected chi connectivity index (χ3v) is 2.45. The van der Waals surface area contributed by atoms with Crippen molar-refractivity contribution in [1.29, 1.82) is 0 Å². The molecule has 0 unspecified atom stereocenters. The number of aliphatic hydroxyl groups excluding tert-OH is 1. The Kier molecular flexibility index (Phi) is 4.58. The van der Waals surface area contributed by atoms with Crippen molar-refractivity contribution < 1.29 is 9.84 Å². The maximum absolute atomic E-state index is 8.67. The second kappa shape index (κ2) is 5.51. The molecule has 1 heterocycles. The van der Waals surface area contributed by atoms with Gasteiger partial charge in [0.15, 0.2) is 0 Å². The average molecular weight is 173 g/mol. The van der Waals surface area contributed by atoms with Gasteiger partial charge in [0.2, 0.25) is 0 Å². The standard InChI is InChI=1S/C9H19NO2/c1-9(3-2-6-11)10-4-7-12-8-5-10/h9,11H,2-8H2,1H3/t9-/m0/s1. The van der Waals surface area contributed by atoms with Crippen LogP contribution in [0.15, 0.2) is 0 Å². The maximum Gasteiger partial charge on any atom is 0.0594 e. The lowest BCUT2D eigenvalue weighted by molar-refractivity contribution is 0.0175. The molecule has 0 bridgehead atoms. The molecule has 1 N–H and O–H groups in total. The number of rotatable bonds is 4.